The van der Waals surface area contributed by atoms with Crippen LogP contribution in [0.15, 0.2) is 48.7 Å². The Morgan fingerprint density at radius 2 is 2.05 bits per heavy atom. The van der Waals surface area contributed by atoms with Crippen molar-refractivity contribution < 1.29 is 0 Å². The van der Waals surface area contributed by atoms with Crippen LogP contribution < -0.4 is 5.32 Å². The Bertz CT molecular complexity index is 769. The minimum absolute atomic E-state index is 0.580. The Labute approximate surface area is 124 Å². The molecule has 4 rings (SSSR count). The van der Waals surface area contributed by atoms with Crippen molar-refractivity contribution in [3.05, 3.63) is 59.8 Å². The number of hydrogen-bond acceptors (Lipinski definition) is 2. The van der Waals surface area contributed by atoms with E-state index in [1.54, 1.807) is 0 Å². The number of nitrogens with one attached hydrogen (secondary N) is 2. The molecular weight excluding hydrogens is 258 g/mol. The van der Waals surface area contributed by atoms with Gasteiger partial charge in [-0.15, -0.1) is 0 Å². The van der Waals surface area contributed by atoms with Crippen molar-refractivity contribution in [3.63, 3.8) is 0 Å². The number of fused-ring (bicyclic) bond motifs is 1. The Morgan fingerprint density at radius 1 is 1.14 bits per heavy atom. The van der Waals surface area contributed by atoms with Crippen LogP contribution >= 0.6 is 0 Å². The summed E-state index contributed by atoms with van der Waals surface area (Å²) in [6.45, 7) is 2.16. The number of aromatic nitrogens is 2. The molecule has 0 spiro atoms. The highest BCUT2D eigenvalue weighted by Crippen LogP contribution is 2.38. The number of hydrogen-bond donors (Lipinski definition) is 2. The quantitative estimate of drug-likeness (QED) is 0.752. The summed E-state index contributed by atoms with van der Waals surface area (Å²) in [4.78, 5) is 0. The van der Waals surface area contributed by atoms with Gasteiger partial charge in [0.15, 0.2) is 0 Å². The second kappa shape index (κ2) is 4.92. The van der Waals surface area contributed by atoms with Crippen LogP contribution in [0, 0.1) is 6.92 Å². The first kappa shape index (κ1) is 12.5. The Morgan fingerprint density at radius 3 is 2.90 bits per heavy atom. The second-order valence-corrected chi connectivity index (χ2v) is 6.10. The normalized spacial score (nSPS) is 21.2. The number of benzene rings is 2. The van der Waals surface area contributed by atoms with Crippen molar-refractivity contribution in [1.29, 1.82) is 0 Å². The molecule has 0 aliphatic heterocycles. The maximum absolute atomic E-state index is 4.06. The fourth-order valence-corrected chi connectivity index (χ4v) is 3.19. The van der Waals surface area contributed by atoms with Crippen molar-refractivity contribution >= 4 is 16.6 Å². The van der Waals surface area contributed by atoms with Crippen LogP contribution in [0.1, 0.15) is 29.9 Å². The topological polar surface area (TPSA) is 40.7 Å². The lowest BCUT2D eigenvalue weighted by atomic mass is 9.75. The molecule has 21 heavy (non-hydrogen) atoms. The number of aryl methyl sites for hydroxylation is 1. The van der Waals surface area contributed by atoms with E-state index >= 15 is 0 Å². The Balaban J connectivity index is 1.41. The maximum atomic E-state index is 4.06. The minimum atomic E-state index is 0.580. The zero-order valence-corrected chi connectivity index (χ0v) is 12.1. The SMILES string of the molecule is Cc1cccc(C2CC(Nc3ccc4cn[nH]c4c3)C2)c1. The smallest absolute Gasteiger partial charge is 0.0670 e. The highest BCUT2D eigenvalue weighted by atomic mass is 15.1. The first-order chi connectivity index (χ1) is 10.3. The molecule has 1 heterocycles. The number of aromatic amines is 1. The van der Waals surface area contributed by atoms with Crippen LogP contribution in [0.25, 0.3) is 10.9 Å². The molecule has 1 aromatic heterocycles. The zero-order valence-electron chi connectivity index (χ0n) is 12.1. The molecule has 2 aromatic carbocycles. The lowest BCUT2D eigenvalue weighted by Crippen LogP contribution is -2.33. The molecule has 3 heteroatoms. The van der Waals surface area contributed by atoms with Gasteiger partial charge in [-0.1, -0.05) is 29.8 Å². The van der Waals surface area contributed by atoms with E-state index in [1.165, 1.54) is 29.7 Å². The van der Waals surface area contributed by atoms with Crippen molar-refractivity contribution in [2.75, 3.05) is 5.32 Å². The van der Waals surface area contributed by atoms with E-state index in [1.807, 2.05) is 6.20 Å². The lowest BCUT2D eigenvalue weighted by Gasteiger charge is -2.37. The van der Waals surface area contributed by atoms with Gasteiger partial charge in [0.05, 0.1) is 11.7 Å². The average molecular weight is 277 g/mol. The van der Waals surface area contributed by atoms with E-state index < -0.39 is 0 Å². The summed E-state index contributed by atoms with van der Waals surface area (Å²) >= 11 is 0. The zero-order chi connectivity index (χ0) is 14.2. The maximum Gasteiger partial charge on any atom is 0.0670 e. The largest absolute Gasteiger partial charge is 0.382 e. The van der Waals surface area contributed by atoms with Gasteiger partial charge in [-0.05, 0) is 49.4 Å². The third kappa shape index (κ3) is 2.40. The summed E-state index contributed by atoms with van der Waals surface area (Å²) in [7, 11) is 0. The predicted molar refractivity (Wildman–Crippen MR) is 86.7 cm³/mol. The highest BCUT2D eigenvalue weighted by molar-refractivity contribution is 5.81. The summed E-state index contributed by atoms with van der Waals surface area (Å²) in [6.07, 6.45) is 4.28. The standard InChI is InChI=1S/C18H19N3/c1-12-3-2-4-13(7-12)15-8-17(9-15)20-16-6-5-14-11-19-21-18(14)10-16/h2-7,10-11,15,17,20H,8-9H2,1H3,(H,19,21). The van der Waals surface area contributed by atoms with Gasteiger partial charge in [0, 0.05) is 17.1 Å². The number of H-pyrrole nitrogens is 1. The van der Waals surface area contributed by atoms with Gasteiger partial charge in [0.25, 0.3) is 0 Å². The van der Waals surface area contributed by atoms with E-state index in [9.17, 15) is 0 Å². The second-order valence-electron chi connectivity index (χ2n) is 6.10. The average Bonchev–Trinajstić information content (AvgIpc) is 2.89. The molecule has 3 nitrogen and oxygen atoms in total. The molecule has 1 saturated carbocycles. The van der Waals surface area contributed by atoms with Gasteiger partial charge < -0.3 is 5.32 Å². The van der Waals surface area contributed by atoms with Gasteiger partial charge in [-0.3, -0.25) is 5.10 Å². The molecule has 0 saturated heterocycles. The number of anilines is 1. The molecule has 0 atom stereocenters. The molecule has 1 aliphatic rings. The molecule has 0 amide bonds. The molecule has 106 valence electrons. The van der Waals surface area contributed by atoms with Crippen molar-refractivity contribution in [1.82, 2.24) is 10.2 Å². The number of rotatable bonds is 3. The van der Waals surface area contributed by atoms with Crippen LogP contribution in [0.5, 0.6) is 0 Å². The van der Waals surface area contributed by atoms with E-state index in [2.05, 4.69) is 64.9 Å². The van der Waals surface area contributed by atoms with Crippen LogP contribution in [0.2, 0.25) is 0 Å². The molecule has 0 unspecified atom stereocenters. The first-order valence-corrected chi connectivity index (χ1v) is 7.54. The predicted octanol–water partition coefficient (Wildman–Crippen LogP) is 4.23. The van der Waals surface area contributed by atoms with Gasteiger partial charge in [0.2, 0.25) is 0 Å². The van der Waals surface area contributed by atoms with E-state index in [0.717, 1.165) is 10.9 Å². The summed E-state index contributed by atoms with van der Waals surface area (Å²) in [5.74, 6) is 0.707. The van der Waals surface area contributed by atoms with Gasteiger partial charge in [-0.25, -0.2) is 0 Å². The van der Waals surface area contributed by atoms with Crippen molar-refractivity contribution in [2.24, 2.45) is 0 Å². The van der Waals surface area contributed by atoms with Crippen LogP contribution in [-0.4, -0.2) is 16.2 Å². The summed E-state index contributed by atoms with van der Waals surface area (Å²) in [5.41, 5.74) is 5.11. The monoisotopic (exact) mass is 277 g/mol. The Kier molecular flexibility index (Phi) is 2.92. The highest BCUT2D eigenvalue weighted by Gasteiger charge is 2.30. The van der Waals surface area contributed by atoms with Gasteiger partial charge in [-0.2, -0.15) is 5.10 Å². The van der Waals surface area contributed by atoms with Crippen LogP contribution in [-0.2, 0) is 0 Å². The van der Waals surface area contributed by atoms with E-state index in [0.29, 0.717) is 12.0 Å². The van der Waals surface area contributed by atoms with Crippen LogP contribution in [0.3, 0.4) is 0 Å². The molecule has 0 radical (unpaired) electrons. The Hall–Kier alpha value is -2.29. The van der Waals surface area contributed by atoms with Crippen molar-refractivity contribution in [3.8, 4) is 0 Å². The van der Waals surface area contributed by atoms with Crippen molar-refractivity contribution in [2.45, 2.75) is 31.7 Å². The fourth-order valence-electron chi connectivity index (χ4n) is 3.19. The molecule has 1 fully saturated rings. The lowest BCUT2D eigenvalue weighted by molar-refractivity contribution is 0.374. The molecule has 0 bridgehead atoms. The summed E-state index contributed by atoms with van der Waals surface area (Å²) in [6, 6.07) is 15.9. The number of nitrogens with zero attached hydrogens (tertiary/aromatic N) is 1. The molecular formula is C18H19N3. The van der Waals surface area contributed by atoms with E-state index in [4.69, 9.17) is 0 Å². The van der Waals surface area contributed by atoms with Gasteiger partial charge in [0.1, 0.15) is 0 Å². The van der Waals surface area contributed by atoms with Crippen LogP contribution in [0.4, 0.5) is 5.69 Å². The fraction of sp³-hybridized carbons (Fsp3) is 0.278. The molecule has 3 aromatic rings. The summed E-state index contributed by atoms with van der Waals surface area (Å²) < 4.78 is 0. The summed E-state index contributed by atoms with van der Waals surface area (Å²) in [5, 5.41) is 11.9. The first-order valence-electron chi connectivity index (χ1n) is 7.54. The molecule has 2 N–H and O–H groups in total. The van der Waals surface area contributed by atoms with Gasteiger partial charge >= 0.3 is 0 Å². The molecule has 1 aliphatic carbocycles. The minimum Gasteiger partial charge on any atom is -0.382 e. The van der Waals surface area contributed by atoms with E-state index in [-0.39, 0.29) is 0 Å². The third-order valence-corrected chi connectivity index (χ3v) is 4.46. The third-order valence-electron chi connectivity index (χ3n) is 4.46.